The lowest BCUT2D eigenvalue weighted by molar-refractivity contribution is 0.0399. The van der Waals surface area contributed by atoms with E-state index >= 15 is 0 Å². The molecule has 0 fully saturated rings. The van der Waals surface area contributed by atoms with Gasteiger partial charge in [0.15, 0.2) is 0 Å². The third-order valence-electron chi connectivity index (χ3n) is 2.57. The third kappa shape index (κ3) is 3.49. The summed E-state index contributed by atoms with van der Waals surface area (Å²) in [6, 6.07) is 7.57. The van der Waals surface area contributed by atoms with Crippen LogP contribution < -0.4 is 5.73 Å². The van der Waals surface area contributed by atoms with E-state index in [4.69, 9.17) is 17.3 Å². The predicted octanol–water partition coefficient (Wildman–Crippen LogP) is 2.37. The van der Waals surface area contributed by atoms with Gasteiger partial charge in [-0.1, -0.05) is 43.1 Å². The van der Waals surface area contributed by atoms with Crippen molar-refractivity contribution in [3.63, 3.8) is 0 Å². The Morgan fingerprint density at radius 1 is 1.40 bits per heavy atom. The topological polar surface area (TPSA) is 46.2 Å². The molecule has 1 rings (SSSR count). The van der Waals surface area contributed by atoms with Crippen molar-refractivity contribution in [3.05, 3.63) is 34.9 Å². The smallest absolute Gasteiger partial charge is 0.0809 e. The first kappa shape index (κ1) is 12.5. The molecular formula is C12H18ClNO. The van der Waals surface area contributed by atoms with Gasteiger partial charge in [-0.3, -0.25) is 0 Å². The lowest BCUT2D eigenvalue weighted by Gasteiger charge is -2.26. The van der Waals surface area contributed by atoms with E-state index in [0.29, 0.717) is 17.9 Å². The lowest BCUT2D eigenvalue weighted by Crippen LogP contribution is -2.39. The molecule has 0 aliphatic rings. The number of rotatable bonds is 5. The van der Waals surface area contributed by atoms with Gasteiger partial charge in [-0.15, -0.1) is 0 Å². The minimum atomic E-state index is -0.820. The van der Waals surface area contributed by atoms with E-state index in [9.17, 15) is 5.11 Å². The van der Waals surface area contributed by atoms with E-state index < -0.39 is 5.60 Å². The van der Waals surface area contributed by atoms with Crippen molar-refractivity contribution in [2.45, 2.75) is 31.8 Å². The van der Waals surface area contributed by atoms with E-state index in [1.165, 1.54) is 0 Å². The zero-order valence-electron chi connectivity index (χ0n) is 9.04. The van der Waals surface area contributed by atoms with Crippen LogP contribution in [0, 0.1) is 0 Å². The molecule has 0 amide bonds. The third-order valence-corrected chi connectivity index (χ3v) is 2.94. The largest absolute Gasteiger partial charge is 0.388 e. The van der Waals surface area contributed by atoms with Crippen LogP contribution in [0.2, 0.25) is 5.02 Å². The van der Waals surface area contributed by atoms with Crippen molar-refractivity contribution in [1.82, 2.24) is 0 Å². The lowest BCUT2D eigenvalue weighted by atomic mass is 9.90. The van der Waals surface area contributed by atoms with Crippen LogP contribution in [0.3, 0.4) is 0 Å². The summed E-state index contributed by atoms with van der Waals surface area (Å²) in [5.74, 6) is 0. The minimum Gasteiger partial charge on any atom is -0.388 e. The molecule has 3 N–H and O–H groups in total. The molecule has 1 aromatic carbocycles. The molecule has 0 saturated heterocycles. The van der Waals surface area contributed by atoms with E-state index in [-0.39, 0.29) is 6.54 Å². The first-order valence-corrected chi connectivity index (χ1v) is 5.65. The van der Waals surface area contributed by atoms with Gasteiger partial charge in [-0.25, -0.2) is 0 Å². The van der Waals surface area contributed by atoms with Crippen molar-refractivity contribution in [3.8, 4) is 0 Å². The maximum absolute atomic E-state index is 10.2. The van der Waals surface area contributed by atoms with E-state index in [0.717, 1.165) is 12.0 Å². The molecule has 2 nitrogen and oxygen atoms in total. The van der Waals surface area contributed by atoms with Crippen molar-refractivity contribution >= 4 is 11.6 Å². The molecule has 0 spiro atoms. The Hall–Kier alpha value is -0.570. The first-order valence-electron chi connectivity index (χ1n) is 5.27. The molecule has 0 saturated carbocycles. The molecule has 3 heteroatoms. The molecular weight excluding hydrogens is 210 g/mol. The SMILES string of the molecule is CCCC(O)(CN)Cc1ccccc1Cl. The average Bonchev–Trinajstić information content (AvgIpc) is 2.22. The Morgan fingerprint density at radius 2 is 2.07 bits per heavy atom. The van der Waals surface area contributed by atoms with Crippen LogP contribution in [0.25, 0.3) is 0 Å². The number of hydrogen-bond donors (Lipinski definition) is 2. The number of aliphatic hydroxyl groups is 1. The molecule has 84 valence electrons. The Kier molecular flexibility index (Phi) is 4.58. The molecule has 0 bridgehead atoms. The highest BCUT2D eigenvalue weighted by molar-refractivity contribution is 6.31. The quantitative estimate of drug-likeness (QED) is 0.812. The molecule has 0 aromatic heterocycles. The van der Waals surface area contributed by atoms with Crippen LogP contribution in [-0.4, -0.2) is 17.3 Å². The van der Waals surface area contributed by atoms with Gasteiger partial charge >= 0.3 is 0 Å². The van der Waals surface area contributed by atoms with Gasteiger partial charge in [0.1, 0.15) is 0 Å². The fourth-order valence-electron chi connectivity index (χ4n) is 1.72. The number of hydrogen-bond acceptors (Lipinski definition) is 2. The fraction of sp³-hybridized carbons (Fsp3) is 0.500. The second-order valence-corrected chi connectivity index (χ2v) is 4.35. The zero-order chi connectivity index (χ0) is 11.3. The Balaban J connectivity index is 2.79. The van der Waals surface area contributed by atoms with Gasteiger partial charge < -0.3 is 10.8 Å². The summed E-state index contributed by atoms with van der Waals surface area (Å²) in [7, 11) is 0. The van der Waals surface area contributed by atoms with Gasteiger partial charge in [0.25, 0.3) is 0 Å². The van der Waals surface area contributed by atoms with Crippen molar-refractivity contribution in [2.75, 3.05) is 6.54 Å². The number of benzene rings is 1. The van der Waals surface area contributed by atoms with Gasteiger partial charge in [-0.2, -0.15) is 0 Å². The second-order valence-electron chi connectivity index (χ2n) is 3.95. The zero-order valence-corrected chi connectivity index (χ0v) is 9.80. The van der Waals surface area contributed by atoms with Crippen LogP contribution >= 0.6 is 11.6 Å². The van der Waals surface area contributed by atoms with Gasteiger partial charge in [-0.05, 0) is 18.1 Å². The van der Waals surface area contributed by atoms with Crippen molar-refractivity contribution < 1.29 is 5.11 Å². The summed E-state index contributed by atoms with van der Waals surface area (Å²) in [5, 5.41) is 10.9. The first-order chi connectivity index (χ1) is 7.11. The van der Waals surface area contributed by atoms with E-state index in [2.05, 4.69) is 0 Å². The molecule has 1 aromatic rings. The summed E-state index contributed by atoms with van der Waals surface area (Å²) in [5.41, 5.74) is 5.74. The summed E-state index contributed by atoms with van der Waals surface area (Å²) < 4.78 is 0. The highest BCUT2D eigenvalue weighted by Crippen LogP contribution is 2.23. The van der Waals surface area contributed by atoms with Crippen LogP contribution in [0.1, 0.15) is 25.3 Å². The normalized spacial score (nSPS) is 14.9. The highest BCUT2D eigenvalue weighted by atomic mass is 35.5. The second kappa shape index (κ2) is 5.50. The maximum Gasteiger partial charge on any atom is 0.0809 e. The fourth-order valence-corrected chi connectivity index (χ4v) is 1.93. The van der Waals surface area contributed by atoms with Crippen LogP contribution in [-0.2, 0) is 6.42 Å². The van der Waals surface area contributed by atoms with Crippen molar-refractivity contribution in [1.29, 1.82) is 0 Å². The summed E-state index contributed by atoms with van der Waals surface area (Å²) in [4.78, 5) is 0. The monoisotopic (exact) mass is 227 g/mol. The molecule has 15 heavy (non-hydrogen) atoms. The van der Waals surface area contributed by atoms with Gasteiger partial charge in [0.05, 0.1) is 5.60 Å². The van der Waals surface area contributed by atoms with Crippen LogP contribution in [0.15, 0.2) is 24.3 Å². The summed E-state index contributed by atoms with van der Waals surface area (Å²) >= 11 is 6.04. The molecule has 0 aliphatic carbocycles. The predicted molar refractivity (Wildman–Crippen MR) is 64.1 cm³/mol. The van der Waals surface area contributed by atoms with E-state index in [1.54, 1.807) is 0 Å². The Labute approximate surface area is 96.1 Å². The maximum atomic E-state index is 10.2. The number of halogens is 1. The summed E-state index contributed by atoms with van der Waals surface area (Å²) in [6.07, 6.45) is 2.14. The Morgan fingerprint density at radius 3 is 2.60 bits per heavy atom. The van der Waals surface area contributed by atoms with E-state index in [1.807, 2.05) is 31.2 Å². The molecule has 1 atom stereocenters. The van der Waals surface area contributed by atoms with Gasteiger partial charge in [0, 0.05) is 18.0 Å². The molecule has 0 aliphatic heterocycles. The molecule has 0 heterocycles. The standard InChI is InChI=1S/C12H18ClNO/c1-2-7-12(15,9-14)8-10-5-3-4-6-11(10)13/h3-6,15H,2,7-9,14H2,1H3. The van der Waals surface area contributed by atoms with Crippen LogP contribution in [0.5, 0.6) is 0 Å². The highest BCUT2D eigenvalue weighted by Gasteiger charge is 2.25. The van der Waals surface area contributed by atoms with Crippen molar-refractivity contribution in [2.24, 2.45) is 5.73 Å². The Bertz CT molecular complexity index is 316. The average molecular weight is 228 g/mol. The number of nitrogens with two attached hydrogens (primary N) is 1. The minimum absolute atomic E-state index is 0.270. The molecule has 0 radical (unpaired) electrons. The summed E-state index contributed by atoms with van der Waals surface area (Å²) in [6.45, 7) is 2.30. The molecule has 1 unspecified atom stereocenters. The van der Waals surface area contributed by atoms with Crippen LogP contribution in [0.4, 0.5) is 0 Å². The van der Waals surface area contributed by atoms with Gasteiger partial charge in [0.2, 0.25) is 0 Å².